The minimum atomic E-state index is -0.249. The summed E-state index contributed by atoms with van der Waals surface area (Å²) in [7, 11) is 0. The van der Waals surface area contributed by atoms with E-state index in [-0.39, 0.29) is 11.5 Å². The SMILES string of the molecule is O=C1C(=Cc2c(NCCCn3ccnc3)nc3ccccn3c2=O)SC(=S)N1Cc1ccccc1. The average Bonchev–Trinajstić information content (AvgIpc) is 3.48. The topological polar surface area (TPSA) is 84.5 Å². The summed E-state index contributed by atoms with van der Waals surface area (Å²) in [6, 6.07) is 15.1. The number of hydrogen-bond donors (Lipinski definition) is 1. The van der Waals surface area contributed by atoms with Crippen molar-refractivity contribution < 1.29 is 4.79 Å². The molecule has 5 rings (SSSR count). The normalized spacial score (nSPS) is 14.9. The third-order valence-electron chi connectivity index (χ3n) is 5.55. The molecular weight excluding hydrogens is 480 g/mol. The molecular formula is C25H22N6O2S2. The Kier molecular flexibility index (Phi) is 6.73. The van der Waals surface area contributed by atoms with E-state index >= 15 is 0 Å². The lowest BCUT2D eigenvalue weighted by Gasteiger charge is -2.14. The van der Waals surface area contributed by atoms with Crippen molar-refractivity contribution >= 4 is 51.7 Å². The van der Waals surface area contributed by atoms with Crippen LogP contribution in [0.3, 0.4) is 0 Å². The Hall–Kier alpha value is -3.76. The van der Waals surface area contributed by atoms with Crippen LogP contribution in [0.25, 0.3) is 11.7 Å². The minimum Gasteiger partial charge on any atom is -0.369 e. The number of amides is 1. The standard InChI is InChI=1S/C25H22N6O2S2/c32-23-19(15-20-24(33)31(25(34)35-20)16-18-7-2-1-3-8-18)22(28-21-9-4-5-13-30(21)23)27-10-6-12-29-14-11-26-17-29/h1-5,7-9,11,13-15,17,27H,6,10,12,16H2. The Labute approximate surface area is 211 Å². The van der Waals surface area contributed by atoms with Gasteiger partial charge in [0.2, 0.25) is 0 Å². The number of benzene rings is 1. The molecule has 176 valence electrons. The number of nitrogens with one attached hydrogen (secondary N) is 1. The summed E-state index contributed by atoms with van der Waals surface area (Å²) in [5, 5.41) is 3.29. The van der Waals surface area contributed by atoms with Crippen molar-refractivity contribution in [2.45, 2.75) is 19.5 Å². The lowest BCUT2D eigenvalue weighted by atomic mass is 10.2. The molecule has 0 unspecified atom stereocenters. The Morgan fingerprint density at radius 1 is 1.06 bits per heavy atom. The summed E-state index contributed by atoms with van der Waals surface area (Å²) >= 11 is 6.68. The molecule has 1 aliphatic heterocycles. The van der Waals surface area contributed by atoms with Crippen LogP contribution in [0.5, 0.6) is 0 Å². The van der Waals surface area contributed by atoms with Crippen molar-refractivity contribution in [3.8, 4) is 0 Å². The summed E-state index contributed by atoms with van der Waals surface area (Å²) < 4.78 is 3.94. The fourth-order valence-corrected chi connectivity index (χ4v) is 5.03. The Morgan fingerprint density at radius 3 is 2.69 bits per heavy atom. The molecule has 1 saturated heterocycles. The van der Waals surface area contributed by atoms with Crippen molar-refractivity contribution in [1.29, 1.82) is 0 Å². The number of carbonyl (C=O) groups is 1. The first-order valence-electron chi connectivity index (χ1n) is 11.1. The maximum atomic E-state index is 13.4. The predicted octanol–water partition coefficient (Wildman–Crippen LogP) is 3.79. The fourth-order valence-electron chi connectivity index (χ4n) is 3.79. The van der Waals surface area contributed by atoms with Gasteiger partial charge in [0, 0.05) is 31.7 Å². The van der Waals surface area contributed by atoms with Crippen LogP contribution in [0.1, 0.15) is 17.5 Å². The summed E-state index contributed by atoms with van der Waals surface area (Å²) in [5.41, 5.74) is 1.60. The van der Waals surface area contributed by atoms with E-state index in [1.807, 2.05) is 47.2 Å². The molecule has 0 bridgehead atoms. The van der Waals surface area contributed by atoms with E-state index in [0.29, 0.717) is 39.3 Å². The van der Waals surface area contributed by atoms with Crippen LogP contribution in [0.4, 0.5) is 5.82 Å². The summed E-state index contributed by atoms with van der Waals surface area (Å²) in [6.07, 6.45) is 9.51. The Balaban J connectivity index is 1.43. The van der Waals surface area contributed by atoms with Crippen LogP contribution >= 0.6 is 24.0 Å². The number of aromatic nitrogens is 4. The number of thiocarbonyl (C=S) groups is 1. The van der Waals surface area contributed by atoms with Gasteiger partial charge in [-0.3, -0.25) is 18.9 Å². The molecule has 1 N–H and O–H groups in total. The molecule has 3 aromatic heterocycles. The highest BCUT2D eigenvalue weighted by atomic mass is 32.2. The Morgan fingerprint density at radius 2 is 1.89 bits per heavy atom. The first-order valence-corrected chi connectivity index (χ1v) is 12.3. The second-order valence-electron chi connectivity index (χ2n) is 7.94. The molecule has 1 aliphatic rings. The number of thioether (sulfide) groups is 1. The van der Waals surface area contributed by atoms with Gasteiger partial charge in [-0.25, -0.2) is 9.97 Å². The van der Waals surface area contributed by atoms with Crippen molar-refractivity contribution in [3.63, 3.8) is 0 Å². The number of nitrogens with zero attached hydrogens (tertiary/aromatic N) is 5. The number of imidazole rings is 1. The van der Waals surface area contributed by atoms with Gasteiger partial charge in [0.1, 0.15) is 15.8 Å². The lowest BCUT2D eigenvalue weighted by molar-refractivity contribution is -0.122. The number of carbonyl (C=O) groups excluding carboxylic acids is 1. The number of pyridine rings is 1. The average molecular weight is 503 g/mol. The Bertz CT molecular complexity index is 1460. The first kappa shape index (κ1) is 23.0. The largest absolute Gasteiger partial charge is 0.369 e. The monoisotopic (exact) mass is 502 g/mol. The highest BCUT2D eigenvalue weighted by Crippen LogP contribution is 2.34. The maximum Gasteiger partial charge on any atom is 0.267 e. The molecule has 4 heterocycles. The van der Waals surface area contributed by atoms with E-state index in [0.717, 1.165) is 18.5 Å². The van der Waals surface area contributed by atoms with E-state index in [2.05, 4.69) is 15.3 Å². The van der Waals surface area contributed by atoms with Crippen molar-refractivity contribution in [2.75, 3.05) is 11.9 Å². The molecule has 0 radical (unpaired) electrons. The van der Waals surface area contributed by atoms with E-state index in [1.165, 1.54) is 16.2 Å². The molecule has 4 aromatic rings. The molecule has 1 fully saturated rings. The van der Waals surface area contributed by atoms with Crippen LogP contribution in [0.2, 0.25) is 0 Å². The van der Waals surface area contributed by atoms with Gasteiger partial charge in [-0.2, -0.15) is 0 Å². The summed E-state index contributed by atoms with van der Waals surface area (Å²) in [4.78, 5) is 37.3. The zero-order chi connectivity index (χ0) is 24.2. The molecule has 35 heavy (non-hydrogen) atoms. The van der Waals surface area contributed by atoms with Crippen molar-refractivity contribution in [1.82, 2.24) is 23.8 Å². The van der Waals surface area contributed by atoms with Gasteiger partial charge in [-0.05, 0) is 30.2 Å². The quantitative estimate of drug-likeness (QED) is 0.223. The van der Waals surface area contributed by atoms with Crippen molar-refractivity contribution in [3.05, 3.63) is 99.8 Å². The molecule has 0 spiro atoms. The van der Waals surface area contributed by atoms with Crippen LogP contribution < -0.4 is 10.9 Å². The molecule has 0 saturated carbocycles. The highest BCUT2D eigenvalue weighted by Gasteiger charge is 2.32. The van der Waals surface area contributed by atoms with E-state index in [1.54, 1.807) is 41.8 Å². The van der Waals surface area contributed by atoms with Crippen LogP contribution in [-0.4, -0.2) is 40.6 Å². The summed E-state index contributed by atoms with van der Waals surface area (Å²) in [5.74, 6) is 0.229. The number of rotatable bonds is 8. The smallest absolute Gasteiger partial charge is 0.267 e. The van der Waals surface area contributed by atoms with Gasteiger partial charge in [0.25, 0.3) is 11.5 Å². The van der Waals surface area contributed by atoms with Crippen molar-refractivity contribution in [2.24, 2.45) is 0 Å². The van der Waals surface area contributed by atoms with E-state index in [9.17, 15) is 9.59 Å². The summed E-state index contributed by atoms with van der Waals surface area (Å²) in [6.45, 7) is 1.77. The van der Waals surface area contributed by atoms with Gasteiger partial charge in [0.05, 0.1) is 23.3 Å². The fraction of sp³-hybridized carbons (Fsp3) is 0.160. The minimum absolute atomic E-state index is 0.215. The second-order valence-corrected chi connectivity index (χ2v) is 9.62. The van der Waals surface area contributed by atoms with Crippen LogP contribution in [0.15, 0.2) is 83.1 Å². The van der Waals surface area contributed by atoms with Gasteiger partial charge in [0.15, 0.2) is 0 Å². The van der Waals surface area contributed by atoms with E-state index in [4.69, 9.17) is 12.2 Å². The molecule has 1 amide bonds. The van der Waals surface area contributed by atoms with Gasteiger partial charge in [-0.1, -0.05) is 60.4 Å². The van der Waals surface area contributed by atoms with Gasteiger partial charge < -0.3 is 9.88 Å². The second kappa shape index (κ2) is 10.2. The van der Waals surface area contributed by atoms with Gasteiger partial charge >= 0.3 is 0 Å². The third-order valence-corrected chi connectivity index (χ3v) is 6.92. The molecule has 1 aromatic carbocycles. The third kappa shape index (κ3) is 5.03. The zero-order valence-corrected chi connectivity index (χ0v) is 20.3. The first-order chi connectivity index (χ1) is 17.1. The van der Waals surface area contributed by atoms with Crippen LogP contribution in [0, 0.1) is 0 Å². The highest BCUT2D eigenvalue weighted by molar-refractivity contribution is 8.26. The van der Waals surface area contributed by atoms with Crippen LogP contribution in [-0.2, 0) is 17.9 Å². The molecule has 8 nitrogen and oxygen atoms in total. The maximum absolute atomic E-state index is 13.4. The van der Waals surface area contributed by atoms with Gasteiger partial charge in [-0.15, -0.1) is 0 Å². The molecule has 10 heteroatoms. The number of hydrogen-bond acceptors (Lipinski definition) is 7. The zero-order valence-electron chi connectivity index (χ0n) is 18.7. The number of fused-ring (bicyclic) bond motifs is 1. The molecule has 0 aliphatic carbocycles. The lowest BCUT2D eigenvalue weighted by Crippen LogP contribution is -2.27. The molecule has 0 atom stereocenters. The predicted molar refractivity (Wildman–Crippen MR) is 142 cm³/mol. The van der Waals surface area contributed by atoms with E-state index < -0.39 is 0 Å². The number of aryl methyl sites for hydroxylation is 1. The number of anilines is 1.